The Morgan fingerprint density at radius 3 is 3.00 bits per heavy atom. The van der Waals surface area contributed by atoms with Crippen LogP contribution in [0, 0.1) is 0 Å². The third kappa shape index (κ3) is 3.75. The van der Waals surface area contributed by atoms with Crippen molar-refractivity contribution in [3.8, 4) is 5.88 Å². The minimum Gasteiger partial charge on any atom is -0.478 e. The van der Waals surface area contributed by atoms with Crippen LogP contribution in [-0.4, -0.2) is 54.3 Å². The maximum Gasteiger partial charge on any atom is 0.216 e. The first-order valence-electron chi connectivity index (χ1n) is 5.64. The molecule has 0 unspecified atom stereocenters. The molecule has 2 rings (SSSR count). The highest BCUT2D eigenvalue weighted by molar-refractivity contribution is 5.03. The third-order valence-electron chi connectivity index (χ3n) is 2.53. The second-order valence-electron chi connectivity index (χ2n) is 3.70. The quantitative estimate of drug-likeness (QED) is 0.683. The number of aromatic nitrogens is 2. The Kier molecular flexibility index (Phi) is 4.51. The normalized spacial score (nSPS) is 17.2. The second-order valence-corrected chi connectivity index (χ2v) is 3.70. The minimum atomic E-state index is 0.650. The maximum absolute atomic E-state index is 5.49. The Hall–Kier alpha value is -1.20. The van der Waals surface area contributed by atoms with Gasteiger partial charge in [0.2, 0.25) is 5.88 Å². The predicted octanol–water partition coefficient (Wildman–Crippen LogP) is 0.578. The van der Waals surface area contributed by atoms with E-state index in [1.54, 1.807) is 12.3 Å². The molecule has 0 atom stereocenters. The molecule has 5 heteroatoms. The van der Waals surface area contributed by atoms with Gasteiger partial charge in [0.05, 0.1) is 19.8 Å². The summed E-state index contributed by atoms with van der Waals surface area (Å²) < 4.78 is 10.8. The van der Waals surface area contributed by atoms with Gasteiger partial charge in [0.1, 0.15) is 6.33 Å². The van der Waals surface area contributed by atoms with Gasteiger partial charge in [0.15, 0.2) is 0 Å². The molecule has 0 bridgehead atoms. The Balaban J connectivity index is 1.58. The number of hydrogen-bond donors (Lipinski definition) is 0. The Labute approximate surface area is 95.4 Å². The van der Waals surface area contributed by atoms with Crippen LogP contribution in [0.2, 0.25) is 0 Å². The van der Waals surface area contributed by atoms with Crippen molar-refractivity contribution in [1.29, 1.82) is 0 Å². The van der Waals surface area contributed by atoms with Crippen molar-refractivity contribution < 1.29 is 9.47 Å². The standard InChI is InChI=1S/C11H17N3O2/c1(4-14-5-8-15-9-6-14)7-16-11-2-3-12-10-13-11/h2-3,10H,1,4-9H2. The fraction of sp³-hybridized carbons (Fsp3) is 0.636. The summed E-state index contributed by atoms with van der Waals surface area (Å²) in [6.45, 7) is 5.55. The van der Waals surface area contributed by atoms with Crippen molar-refractivity contribution in [1.82, 2.24) is 14.9 Å². The van der Waals surface area contributed by atoms with E-state index in [9.17, 15) is 0 Å². The zero-order valence-electron chi connectivity index (χ0n) is 9.34. The SMILES string of the molecule is c1cc(OCCCN2CCOCC2)ncn1. The van der Waals surface area contributed by atoms with Gasteiger partial charge in [-0.15, -0.1) is 0 Å². The van der Waals surface area contributed by atoms with Crippen molar-refractivity contribution in [3.05, 3.63) is 18.6 Å². The molecule has 1 aromatic heterocycles. The van der Waals surface area contributed by atoms with Crippen molar-refractivity contribution in [2.75, 3.05) is 39.5 Å². The highest BCUT2D eigenvalue weighted by Crippen LogP contribution is 2.03. The summed E-state index contributed by atoms with van der Waals surface area (Å²) in [7, 11) is 0. The molecule has 0 aromatic carbocycles. The second kappa shape index (κ2) is 6.40. The van der Waals surface area contributed by atoms with Crippen molar-refractivity contribution in [2.45, 2.75) is 6.42 Å². The number of rotatable bonds is 5. The van der Waals surface area contributed by atoms with E-state index in [4.69, 9.17) is 9.47 Å². The Bertz CT molecular complexity index is 289. The molecule has 1 aromatic rings. The molecule has 1 fully saturated rings. The van der Waals surface area contributed by atoms with Gasteiger partial charge in [0.25, 0.3) is 0 Å². The smallest absolute Gasteiger partial charge is 0.216 e. The van der Waals surface area contributed by atoms with E-state index in [0.717, 1.165) is 39.3 Å². The van der Waals surface area contributed by atoms with E-state index < -0.39 is 0 Å². The molecule has 0 radical (unpaired) electrons. The van der Waals surface area contributed by atoms with Crippen LogP contribution in [-0.2, 0) is 4.74 Å². The van der Waals surface area contributed by atoms with Crippen LogP contribution < -0.4 is 4.74 Å². The minimum absolute atomic E-state index is 0.650. The van der Waals surface area contributed by atoms with Crippen LogP contribution in [0.4, 0.5) is 0 Å². The molecule has 5 nitrogen and oxygen atoms in total. The largest absolute Gasteiger partial charge is 0.478 e. The van der Waals surface area contributed by atoms with E-state index in [1.165, 1.54) is 6.33 Å². The van der Waals surface area contributed by atoms with Crippen LogP contribution in [0.1, 0.15) is 6.42 Å². The zero-order chi connectivity index (χ0) is 11.1. The fourth-order valence-corrected chi connectivity index (χ4v) is 1.65. The van der Waals surface area contributed by atoms with Crippen molar-refractivity contribution >= 4 is 0 Å². The highest BCUT2D eigenvalue weighted by atomic mass is 16.5. The van der Waals surface area contributed by atoms with Gasteiger partial charge < -0.3 is 9.47 Å². The van der Waals surface area contributed by atoms with Crippen molar-refractivity contribution in [3.63, 3.8) is 0 Å². The van der Waals surface area contributed by atoms with Gasteiger partial charge in [0, 0.05) is 31.9 Å². The molecule has 2 heterocycles. The molecule has 1 aliphatic heterocycles. The number of ether oxygens (including phenoxy) is 2. The lowest BCUT2D eigenvalue weighted by Gasteiger charge is -2.26. The van der Waals surface area contributed by atoms with Gasteiger partial charge in [-0.25, -0.2) is 9.97 Å². The lowest BCUT2D eigenvalue weighted by atomic mass is 10.3. The van der Waals surface area contributed by atoms with E-state index in [1.807, 2.05) is 0 Å². The topological polar surface area (TPSA) is 47.5 Å². The van der Waals surface area contributed by atoms with E-state index in [0.29, 0.717) is 12.5 Å². The summed E-state index contributed by atoms with van der Waals surface area (Å²) in [5, 5.41) is 0. The van der Waals surface area contributed by atoms with E-state index >= 15 is 0 Å². The fourth-order valence-electron chi connectivity index (χ4n) is 1.65. The summed E-state index contributed by atoms with van der Waals surface area (Å²) in [4.78, 5) is 10.2. The molecule has 0 aliphatic carbocycles. The monoisotopic (exact) mass is 223 g/mol. The lowest BCUT2D eigenvalue weighted by Crippen LogP contribution is -2.37. The Morgan fingerprint density at radius 1 is 1.38 bits per heavy atom. The zero-order valence-corrected chi connectivity index (χ0v) is 9.34. The molecule has 0 N–H and O–H groups in total. The van der Waals surface area contributed by atoms with Crippen LogP contribution >= 0.6 is 0 Å². The van der Waals surface area contributed by atoms with E-state index in [-0.39, 0.29) is 0 Å². The molecule has 88 valence electrons. The van der Waals surface area contributed by atoms with Crippen molar-refractivity contribution in [2.24, 2.45) is 0 Å². The summed E-state index contributed by atoms with van der Waals surface area (Å²) in [5.41, 5.74) is 0. The molecule has 16 heavy (non-hydrogen) atoms. The summed E-state index contributed by atoms with van der Waals surface area (Å²) >= 11 is 0. The number of nitrogens with zero attached hydrogens (tertiary/aromatic N) is 3. The molecule has 1 saturated heterocycles. The van der Waals surface area contributed by atoms with Gasteiger partial charge in [-0.2, -0.15) is 0 Å². The van der Waals surface area contributed by atoms with Crippen LogP contribution in [0.15, 0.2) is 18.6 Å². The van der Waals surface area contributed by atoms with Gasteiger partial charge in [-0.3, -0.25) is 4.90 Å². The third-order valence-corrected chi connectivity index (χ3v) is 2.53. The van der Waals surface area contributed by atoms with E-state index in [2.05, 4.69) is 14.9 Å². The molecular weight excluding hydrogens is 206 g/mol. The predicted molar refractivity (Wildman–Crippen MR) is 59.4 cm³/mol. The van der Waals surface area contributed by atoms with Crippen LogP contribution in [0.25, 0.3) is 0 Å². The first kappa shape index (κ1) is 11.3. The highest BCUT2D eigenvalue weighted by Gasteiger charge is 2.09. The molecule has 0 amide bonds. The van der Waals surface area contributed by atoms with Crippen LogP contribution in [0.3, 0.4) is 0 Å². The lowest BCUT2D eigenvalue weighted by molar-refractivity contribution is 0.0357. The molecule has 0 saturated carbocycles. The van der Waals surface area contributed by atoms with Gasteiger partial charge >= 0.3 is 0 Å². The summed E-state index contributed by atoms with van der Waals surface area (Å²) in [6.07, 6.45) is 4.20. The average molecular weight is 223 g/mol. The Morgan fingerprint density at radius 2 is 2.25 bits per heavy atom. The van der Waals surface area contributed by atoms with Gasteiger partial charge in [-0.05, 0) is 6.42 Å². The van der Waals surface area contributed by atoms with Crippen LogP contribution in [0.5, 0.6) is 5.88 Å². The first-order chi connectivity index (χ1) is 7.95. The summed E-state index contributed by atoms with van der Waals surface area (Å²) in [6, 6.07) is 1.77. The molecule has 1 aliphatic rings. The number of hydrogen-bond acceptors (Lipinski definition) is 5. The molecule has 0 spiro atoms. The average Bonchev–Trinajstić information content (AvgIpc) is 2.37. The van der Waals surface area contributed by atoms with Gasteiger partial charge in [-0.1, -0.05) is 0 Å². The molecular formula is C11H17N3O2. The maximum atomic E-state index is 5.49. The summed E-state index contributed by atoms with van der Waals surface area (Å²) in [5.74, 6) is 0.650. The number of morpholine rings is 1. The first-order valence-corrected chi connectivity index (χ1v) is 5.64.